The fraction of sp³-hybridized carbons (Fsp3) is 0.333. The van der Waals surface area contributed by atoms with Gasteiger partial charge in [0, 0.05) is 17.8 Å². The topological polar surface area (TPSA) is 72.9 Å². The van der Waals surface area contributed by atoms with Gasteiger partial charge in [0.2, 0.25) is 5.91 Å². The second kappa shape index (κ2) is 6.63. The number of hydrogen-bond donors (Lipinski definition) is 2. The molecule has 21 heavy (non-hydrogen) atoms. The van der Waals surface area contributed by atoms with Crippen LogP contribution in [0.2, 0.25) is 5.02 Å². The normalized spacial score (nSPS) is 10.6. The van der Waals surface area contributed by atoms with Gasteiger partial charge in [0.25, 0.3) is 0 Å². The molecule has 0 radical (unpaired) electrons. The van der Waals surface area contributed by atoms with Gasteiger partial charge in [-0.05, 0) is 31.5 Å². The maximum absolute atomic E-state index is 11.2. The monoisotopic (exact) mass is 306 g/mol. The summed E-state index contributed by atoms with van der Waals surface area (Å²) < 4.78 is 1.89. The average molecular weight is 307 g/mol. The lowest BCUT2D eigenvalue weighted by atomic mass is 10.2. The number of primary amides is 1. The summed E-state index contributed by atoms with van der Waals surface area (Å²) in [6, 6.07) is 7.09. The summed E-state index contributed by atoms with van der Waals surface area (Å²) >= 11 is 6.36. The Hall–Kier alpha value is -2.01. The first kappa shape index (κ1) is 15.4. The van der Waals surface area contributed by atoms with E-state index in [0.717, 1.165) is 30.0 Å². The summed E-state index contributed by atoms with van der Waals surface area (Å²) in [6.07, 6.45) is 0.802. The first-order valence-corrected chi connectivity index (χ1v) is 7.32. The largest absolute Gasteiger partial charge is 0.379 e. The van der Waals surface area contributed by atoms with Crippen LogP contribution in [-0.2, 0) is 19.5 Å². The zero-order valence-electron chi connectivity index (χ0n) is 12.2. The molecule has 0 saturated carbocycles. The van der Waals surface area contributed by atoms with Gasteiger partial charge in [-0.15, -0.1) is 0 Å². The lowest BCUT2D eigenvalue weighted by Crippen LogP contribution is -2.12. The summed E-state index contributed by atoms with van der Waals surface area (Å²) in [4.78, 5) is 11.2. The highest BCUT2D eigenvalue weighted by Gasteiger charge is 2.14. The standard InChI is InChI=1S/C15H19ClN4O/c1-3-12-14(16)13(20(4-2)19-12)9-18-11-7-5-6-10(8-11)15(17)21/h5-8,18H,3-4,9H2,1-2H3,(H2,17,21). The van der Waals surface area contributed by atoms with E-state index >= 15 is 0 Å². The lowest BCUT2D eigenvalue weighted by molar-refractivity contribution is 0.100. The van der Waals surface area contributed by atoms with Crippen LogP contribution in [0, 0.1) is 0 Å². The van der Waals surface area contributed by atoms with Gasteiger partial charge in [0.15, 0.2) is 0 Å². The SMILES string of the molecule is CCc1nn(CC)c(CNc2cccc(C(N)=O)c2)c1Cl. The van der Waals surface area contributed by atoms with Crippen LogP contribution in [0.25, 0.3) is 0 Å². The van der Waals surface area contributed by atoms with Gasteiger partial charge < -0.3 is 11.1 Å². The van der Waals surface area contributed by atoms with Crippen molar-refractivity contribution in [2.24, 2.45) is 5.73 Å². The average Bonchev–Trinajstić information content (AvgIpc) is 2.81. The molecule has 112 valence electrons. The zero-order valence-corrected chi connectivity index (χ0v) is 12.9. The Kier molecular flexibility index (Phi) is 4.85. The summed E-state index contributed by atoms with van der Waals surface area (Å²) in [5.41, 5.74) is 8.43. The predicted octanol–water partition coefficient (Wildman–Crippen LogP) is 2.83. The highest BCUT2D eigenvalue weighted by molar-refractivity contribution is 6.31. The van der Waals surface area contributed by atoms with Crippen molar-refractivity contribution < 1.29 is 4.79 Å². The quantitative estimate of drug-likeness (QED) is 0.862. The molecule has 0 unspecified atom stereocenters. The summed E-state index contributed by atoms with van der Waals surface area (Å²) in [5.74, 6) is -0.441. The third-order valence-electron chi connectivity index (χ3n) is 3.30. The zero-order chi connectivity index (χ0) is 15.4. The van der Waals surface area contributed by atoms with Gasteiger partial charge >= 0.3 is 0 Å². The molecule has 1 aromatic heterocycles. The maximum atomic E-state index is 11.2. The fourth-order valence-electron chi connectivity index (χ4n) is 2.15. The van der Waals surface area contributed by atoms with E-state index in [0.29, 0.717) is 17.1 Å². The van der Waals surface area contributed by atoms with Crippen LogP contribution >= 0.6 is 11.6 Å². The van der Waals surface area contributed by atoms with E-state index in [2.05, 4.69) is 10.4 Å². The summed E-state index contributed by atoms with van der Waals surface area (Å²) in [5, 5.41) is 8.44. The van der Waals surface area contributed by atoms with Gasteiger partial charge in [-0.25, -0.2) is 0 Å². The van der Waals surface area contributed by atoms with E-state index in [-0.39, 0.29) is 0 Å². The smallest absolute Gasteiger partial charge is 0.248 e. The molecule has 0 aliphatic heterocycles. The van der Waals surface area contributed by atoms with Gasteiger partial charge in [-0.3, -0.25) is 9.48 Å². The van der Waals surface area contributed by atoms with Crippen molar-refractivity contribution >= 4 is 23.2 Å². The molecule has 0 saturated heterocycles. The number of hydrogen-bond acceptors (Lipinski definition) is 3. The number of benzene rings is 1. The molecule has 2 aromatic rings. The van der Waals surface area contributed by atoms with E-state index < -0.39 is 5.91 Å². The highest BCUT2D eigenvalue weighted by Crippen LogP contribution is 2.23. The van der Waals surface area contributed by atoms with Crippen LogP contribution in [0.3, 0.4) is 0 Å². The number of nitrogens with one attached hydrogen (secondary N) is 1. The Bertz CT molecular complexity index is 651. The van der Waals surface area contributed by atoms with Gasteiger partial charge in [0.05, 0.1) is 23.0 Å². The number of amides is 1. The number of halogens is 1. The summed E-state index contributed by atoms with van der Waals surface area (Å²) in [6.45, 7) is 5.36. The number of rotatable bonds is 6. The van der Waals surface area contributed by atoms with Crippen molar-refractivity contribution in [2.45, 2.75) is 33.4 Å². The van der Waals surface area contributed by atoms with Crippen LogP contribution in [0.4, 0.5) is 5.69 Å². The first-order chi connectivity index (χ1) is 10.1. The number of carbonyl (C=O) groups is 1. The molecule has 0 aliphatic carbocycles. The van der Waals surface area contributed by atoms with Gasteiger partial charge in [-0.2, -0.15) is 5.10 Å². The fourth-order valence-corrected chi connectivity index (χ4v) is 2.49. The number of anilines is 1. The second-order valence-corrected chi connectivity index (χ2v) is 5.05. The van der Waals surface area contributed by atoms with E-state index in [1.54, 1.807) is 18.2 Å². The van der Waals surface area contributed by atoms with E-state index in [1.807, 2.05) is 24.6 Å². The number of nitrogens with zero attached hydrogens (tertiary/aromatic N) is 2. The molecular weight excluding hydrogens is 288 g/mol. The maximum Gasteiger partial charge on any atom is 0.248 e. The Morgan fingerprint density at radius 3 is 2.81 bits per heavy atom. The first-order valence-electron chi connectivity index (χ1n) is 6.94. The molecule has 3 N–H and O–H groups in total. The van der Waals surface area contributed by atoms with Crippen molar-refractivity contribution in [3.63, 3.8) is 0 Å². The van der Waals surface area contributed by atoms with E-state index in [9.17, 15) is 4.79 Å². The molecule has 0 atom stereocenters. The molecule has 5 nitrogen and oxygen atoms in total. The molecule has 1 heterocycles. The van der Waals surface area contributed by atoms with Crippen LogP contribution in [-0.4, -0.2) is 15.7 Å². The van der Waals surface area contributed by atoms with Crippen LogP contribution in [0.5, 0.6) is 0 Å². The lowest BCUT2D eigenvalue weighted by Gasteiger charge is -2.09. The number of nitrogens with two attached hydrogens (primary N) is 1. The third-order valence-corrected chi connectivity index (χ3v) is 3.74. The number of aromatic nitrogens is 2. The minimum absolute atomic E-state index is 0.441. The Labute approximate surface area is 129 Å². The van der Waals surface area contributed by atoms with Crippen molar-refractivity contribution in [3.8, 4) is 0 Å². The Morgan fingerprint density at radius 2 is 2.19 bits per heavy atom. The molecule has 0 spiro atoms. The molecule has 1 aromatic carbocycles. The molecule has 2 rings (SSSR count). The second-order valence-electron chi connectivity index (χ2n) is 4.68. The predicted molar refractivity (Wildman–Crippen MR) is 84.6 cm³/mol. The van der Waals surface area contributed by atoms with Crippen LogP contribution in [0.1, 0.15) is 35.6 Å². The molecular formula is C15H19ClN4O. The number of aryl methyl sites for hydroxylation is 2. The van der Waals surface area contributed by atoms with Crippen molar-refractivity contribution in [1.82, 2.24) is 9.78 Å². The Balaban J connectivity index is 2.18. The minimum Gasteiger partial charge on any atom is -0.379 e. The van der Waals surface area contributed by atoms with Crippen LogP contribution < -0.4 is 11.1 Å². The molecule has 0 aliphatic rings. The van der Waals surface area contributed by atoms with Crippen molar-refractivity contribution in [1.29, 1.82) is 0 Å². The molecule has 0 fully saturated rings. The molecule has 6 heteroatoms. The van der Waals surface area contributed by atoms with Gasteiger partial charge in [0.1, 0.15) is 0 Å². The van der Waals surface area contributed by atoms with Crippen molar-refractivity contribution in [2.75, 3.05) is 5.32 Å². The number of carbonyl (C=O) groups excluding carboxylic acids is 1. The van der Waals surface area contributed by atoms with E-state index in [1.165, 1.54) is 0 Å². The van der Waals surface area contributed by atoms with Crippen LogP contribution in [0.15, 0.2) is 24.3 Å². The minimum atomic E-state index is -0.441. The summed E-state index contributed by atoms with van der Waals surface area (Å²) in [7, 11) is 0. The molecule has 1 amide bonds. The Morgan fingerprint density at radius 1 is 1.43 bits per heavy atom. The van der Waals surface area contributed by atoms with Gasteiger partial charge in [-0.1, -0.05) is 24.6 Å². The van der Waals surface area contributed by atoms with Crippen molar-refractivity contribution in [3.05, 3.63) is 46.2 Å². The molecule has 0 bridgehead atoms. The van der Waals surface area contributed by atoms with E-state index in [4.69, 9.17) is 17.3 Å². The third kappa shape index (κ3) is 3.36. The highest BCUT2D eigenvalue weighted by atomic mass is 35.5.